The number of aromatic nitrogens is 3. The molecule has 1 aromatic carbocycles. The lowest BCUT2D eigenvalue weighted by Crippen LogP contribution is -2.17. The fourth-order valence-corrected chi connectivity index (χ4v) is 3.30. The Kier molecular flexibility index (Phi) is 3.94. The molecule has 2 heterocycles. The second-order valence-electron chi connectivity index (χ2n) is 5.12. The molecule has 0 bridgehead atoms. The second kappa shape index (κ2) is 5.88. The van der Waals surface area contributed by atoms with Gasteiger partial charge in [-0.3, -0.25) is 14.8 Å². The highest BCUT2D eigenvalue weighted by Crippen LogP contribution is 2.27. The van der Waals surface area contributed by atoms with Crippen LogP contribution in [-0.2, 0) is 13.0 Å². The summed E-state index contributed by atoms with van der Waals surface area (Å²) in [5.74, 6) is -0.169. The maximum atomic E-state index is 12.4. The summed E-state index contributed by atoms with van der Waals surface area (Å²) in [5.41, 5.74) is 3.59. The van der Waals surface area contributed by atoms with E-state index in [1.54, 1.807) is 10.7 Å². The van der Waals surface area contributed by atoms with Gasteiger partial charge in [0.15, 0.2) is 5.13 Å². The minimum Gasteiger partial charge on any atom is -0.296 e. The van der Waals surface area contributed by atoms with Crippen molar-refractivity contribution in [3.05, 3.63) is 41.2 Å². The first-order valence-corrected chi connectivity index (χ1v) is 8.17. The summed E-state index contributed by atoms with van der Waals surface area (Å²) in [5, 5.41) is 7.80. The number of aryl methyl sites for hydroxylation is 3. The van der Waals surface area contributed by atoms with Gasteiger partial charge in [0, 0.05) is 6.54 Å². The van der Waals surface area contributed by atoms with Crippen molar-refractivity contribution >= 4 is 32.6 Å². The maximum absolute atomic E-state index is 12.4. The van der Waals surface area contributed by atoms with E-state index in [0.717, 1.165) is 22.3 Å². The number of amides is 1. The lowest BCUT2D eigenvalue weighted by molar-refractivity contribution is 0.101. The zero-order valence-electron chi connectivity index (χ0n) is 12.9. The number of anilines is 1. The number of fused-ring (bicyclic) bond motifs is 1. The van der Waals surface area contributed by atoms with Crippen LogP contribution in [0.15, 0.2) is 24.3 Å². The number of hydrogen-bond donors (Lipinski definition) is 1. The van der Waals surface area contributed by atoms with Crippen LogP contribution in [-0.4, -0.2) is 20.7 Å². The Bertz CT molecular complexity index is 834. The van der Waals surface area contributed by atoms with Gasteiger partial charge in [0.1, 0.15) is 5.69 Å². The number of rotatable bonds is 4. The van der Waals surface area contributed by atoms with Crippen LogP contribution in [0.5, 0.6) is 0 Å². The highest BCUT2D eigenvalue weighted by atomic mass is 32.1. The predicted molar refractivity (Wildman–Crippen MR) is 89.6 cm³/mol. The average Bonchev–Trinajstić information content (AvgIpc) is 3.08. The monoisotopic (exact) mass is 314 g/mol. The third-order valence-electron chi connectivity index (χ3n) is 3.52. The molecule has 114 valence electrons. The Morgan fingerprint density at radius 1 is 1.32 bits per heavy atom. The third-order valence-corrected chi connectivity index (χ3v) is 4.45. The molecule has 3 rings (SSSR count). The normalized spacial score (nSPS) is 11.0. The van der Waals surface area contributed by atoms with E-state index in [1.165, 1.54) is 16.9 Å². The summed E-state index contributed by atoms with van der Waals surface area (Å²) in [7, 11) is 0. The predicted octanol–water partition coefficient (Wildman–Crippen LogP) is 3.64. The fourth-order valence-electron chi connectivity index (χ4n) is 2.37. The quantitative estimate of drug-likeness (QED) is 0.800. The van der Waals surface area contributed by atoms with E-state index in [2.05, 4.69) is 34.5 Å². The number of thiazole rings is 1. The van der Waals surface area contributed by atoms with Gasteiger partial charge in [0.2, 0.25) is 0 Å². The Morgan fingerprint density at radius 3 is 2.86 bits per heavy atom. The lowest BCUT2D eigenvalue weighted by atomic mass is 10.2. The van der Waals surface area contributed by atoms with Crippen molar-refractivity contribution < 1.29 is 4.79 Å². The van der Waals surface area contributed by atoms with E-state index in [0.29, 0.717) is 17.4 Å². The highest BCUT2D eigenvalue weighted by Gasteiger charge is 2.15. The highest BCUT2D eigenvalue weighted by molar-refractivity contribution is 7.22. The minimum atomic E-state index is -0.169. The van der Waals surface area contributed by atoms with Crippen molar-refractivity contribution in [3.8, 4) is 0 Å². The van der Waals surface area contributed by atoms with Gasteiger partial charge in [0.05, 0.1) is 15.9 Å². The zero-order valence-corrected chi connectivity index (χ0v) is 13.7. The second-order valence-corrected chi connectivity index (χ2v) is 6.15. The zero-order chi connectivity index (χ0) is 15.7. The lowest BCUT2D eigenvalue weighted by Gasteiger charge is -2.03. The molecular formula is C16H18N4OS. The van der Waals surface area contributed by atoms with E-state index >= 15 is 0 Å². The maximum Gasteiger partial charge on any atom is 0.275 e. The van der Waals surface area contributed by atoms with Gasteiger partial charge in [0.25, 0.3) is 5.91 Å². The number of nitrogens with one attached hydrogen (secondary N) is 1. The Morgan fingerprint density at radius 2 is 2.14 bits per heavy atom. The van der Waals surface area contributed by atoms with Crippen LogP contribution < -0.4 is 5.32 Å². The van der Waals surface area contributed by atoms with Crippen LogP contribution in [0.1, 0.15) is 35.6 Å². The van der Waals surface area contributed by atoms with Gasteiger partial charge >= 0.3 is 0 Å². The SMILES string of the molecule is CCc1ccc2nc(NC(=O)c3cc(C)nn3CC)sc2c1. The van der Waals surface area contributed by atoms with Crippen LogP contribution in [0, 0.1) is 6.92 Å². The van der Waals surface area contributed by atoms with Crippen molar-refractivity contribution in [3.63, 3.8) is 0 Å². The first kappa shape index (κ1) is 14.7. The molecule has 0 fully saturated rings. The first-order valence-electron chi connectivity index (χ1n) is 7.36. The topological polar surface area (TPSA) is 59.8 Å². The number of carbonyl (C=O) groups is 1. The van der Waals surface area contributed by atoms with Crippen LogP contribution in [0.2, 0.25) is 0 Å². The van der Waals surface area contributed by atoms with Gasteiger partial charge in [-0.25, -0.2) is 4.98 Å². The molecule has 0 spiro atoms. The third kappa shape index (κ3) is 2.74. The van der Waals surface area contributed by atoms with Crippen molar-refractivity contribution in [1.82, 2.24) is 14.8 Å². The van der Waals surface area contributed by atoms with Crippen LogP contribution in [0.4, 0.5) is 5.13 Å². The van der Waals surface area contributed by atoms with E-state index in [4.69, 9.17) is 0 Å². The minimum absolute atomic E-state index is 0.169. The van der Waals surface area contributed by atoms with Gasteiger partial charge in [-0.05, 0) is 44.0 Å². The van der Waals surface area contributed by atoms with E-state index in [1.807, 2.05) is 19.9 Å². The summed E-state index contributed by atoms with van der Waals surface area (Å²) in [6.45, 7) is 6.63. The summed E-state index contributed by atoms with van der Waals surface area (Å²) >= 11 is 1.50. The summed E-state index contributed by atoms with van der Waals surface area (Å²) < 4.78 is 2.79. The molecule has 0 aliphatic heterocycles. The van der Waals surface area contributed by atoms with Crippen molar-refractivity contribution in [1.29, 1.82) is 0 Å². The van der Waals surface area contributed by atoms with E-state index < -0.39 is 0 Å². The Hall–Kier alpha value is -2.21. The molecule has 1 amide bonds. The molecule has 0 radical (unpaired) electrons. The van der Waals surface area contributed by atoms with Crippen molar-refractivity contribution in [2.75, 3.05) is 5.32 Å². The van der Waals surface area contributed by atoms with E-state index in [-0.39, 0.29) is 5.91 Å². The van der Waals surface area contributed by atoms with Crippen molar-refractivity contribution in [2.24, 2.45) is 0 Å². The smallest absolute Gasteiger partial charge is 0.275 e. The molecule has 1 N–H and O–H groups in total. The number of hydrogen-bond acceptors (Lipinski definition) is 4. The molecule has 22 heavy (non-hydrogen) atoms. The Labute approximate surface area is 133 Å². The van der Waals surface area contributed by atoms with Crippen LogP contribution in [0.3, 0.4) is 0 Å². The first-order chi connectivity index (χ1) is 10.6. The molecule has 0 unspecified atom stereocenters. The van der Waals surface area contributed by atoms with Crippen LogP contribution >= 0.6 is 11.3 Å². The molecule has 0 atom stereocenters. The summed E-state index contributed by atoms with van der Waals surface area (Å²) in [4.78, 5) is 16.9. The van der Waals surface area contributed by atoms with Gasteiger partial charge < -0.3 is 0 Å². The number of carbonyl (C=O) groups excluding carboxylic acids is 1. The van der Waals surface area contributed by atoms with Gasteiger partial charge in [-0.1, -0.05) is 24.3 Å². The fraction of sp³-hybridized carbons (Fsp3) is 0.312. The molecule has 0 saturated heterocycles. The molecule has 6 heteroatoms. The largest absolute Gasteiger partial charge is 0.296 e. The van der Waals surface area contributed by atoms with E-state index in [9.17, 15) is 4.79 Å². The summed E-state index contributed by atoms with van der Waals surface area (Å²) in [6.07, 6.45) is 0.991. The Balaban J connectivity index is 1.87. The molecular weight excluding hydrogens is 296 g/mol. The van der Waals surface area contributed by atoms with Gasteiger partial charge in [-0.15, -0.1) is 0 Å². The number of nitrogens with zero attached hydrogens (tertiary/aromatic N) is 3. The molecule has 2 aromatic heterocycles. The van der Waals surface area contributed by atoms with Gasteiger partial charge in [-0.2, -0.15) is 5.10 Å². The van der Waals surface area contributed by atoms with Crippen LogP contribution in [0.25, 0.3) is 10.2 Å². The van der Waals surface area contributed by atoms with Crippen molar-refractivity contribution in [2.45, 2.75) is 33.7 Å². The standard InChI is InChI=1S/C16H18N4OS/c1-4-11-6-7-12-14(9-11)22-16(17-12)18-15(21)13-8-10(3)19-20(13)5-2/h6-9H,4-5H2,1-3H3,(H,17,18,21). The molecule has 0 aliphatic carbocycles. The molecule has 0 aliphatic rings. The average molecular weight is 314 g/mol. The molecule has 5 nitrogen and oxygen atoms in total. The molecule has 0 saturated carbocycles. The molecule has 3 aromatic rings. The number of benzene rings is 1. The summed E-state index contributed by atoms with van der Waals surface area (Å²) in [6, 6.07) is 7.99.